The number of halogens is 1. The van der Waals surface area contributed by atoms with E-state index in [0.29, 0.717) is 31.6 Å². The van der Waals surface area contributed by atoms with Gasteiger partial charge in [-0.3, -0.25) is 9.59 Å². The monoisotopic (exact) mass is 399 g/mol. The van der Waals surface area contributed by atoms with E-state index in [2.05, 4.69) is 4.57 Å². The van der Waals surface area contributed by atoms with Crippen LogP contribution < -0.4 is 0 Å². The number of benzene rings is 1. The minimum absolute atomic E-state index is 0.0110. The van der Waals surface area contributed by atoms with Gasteiger partial charge in [0, 0.05) is 43.5 Å². The van der Waals surface area contributed by atoms with Crippen molar-refractivity contribution in [1.82, 2.24) is 14.4 Å². The summed E-state index contributed by atoms with van der Waals surface area (Å²) in [6.07, 6.45) is 2.34. The van der Waals surface area contributed by atoms with Crippen LogP contribution in [0.1, 0.15) is 51.4 Å². The molecule has 0 N–H and O–H groups in total. The number of hydrogen-bond acceptors (Lipinski definition) is 2. The van der Waals surface area contributed by atoms with Crippen LogP contribution in [-0.4, -0.2) is 45.8 Å². The van der Waals surface area contributed by atoms with Crippen molar-refractivity contribution in [3.8, 4) is 0 Å². The van der Waals surface area contributed by atoms with E-state index in [9.17, 15) is 14.0 Å². The molecule has 0 bridgehead atoms. The van der Waals surface area contributed by atoms with Gasteiger partial charge in [0.25, 0.3) is 0 Å². The van der Waals surface area contributed by atoms with Crippen molar-refractivity contribution in [2.24, 2.45) is 5.41 Å². The van der Waals surface area contributed by atoms with Gasteiger partial charge in [-0.15, -0.1) is 0 Å². The first kappa shape index (κ1) is 21.1. The van der Waals surface area contributed by atoms with Crippen LogP contribution in [0.2, 0.25) is 0 Å². The van der Waals surface area contributed by atoms with Crippen molar-refractivity contribution in [2.75, 3.05) is 19.6 Å². The number of fused-ring (bicyclic) bond motifs is 1. The zero-order valence-corrected chi connectivity index (χ0v) is 17.7. The van der Waals surface area contributed by atoms with Gasteiger partial charge < -0.3 is 14.4 Å². The van der Waals surface area contributed by atoms with Crippen molar-refractivity contribution in [1.29, 1.82) is 0 Å². The third-order valence-corrected chi connectivity index (χ3v) is 5.30. The highest BCUT2D eigenvalue weighted by atomic mass is 19.1. The predicted octanol–water partition coefficient (Wildman–Crippen LogP) is 3.84. The molecule has 6 heteroatoms. The number of amides is 2. The van der Waals surface area contributed by atoms with Gasteiger partial charge in [-0.05, 0) is 30.5 Å². The molecule has 2 heterocycles. The van der Waals surface area contributed by atoms with E-state index in [4.69, 9.17) is 0 Å². The van der Waals surface area contributed by atoms with Gasteiger partial charge in [-0.2, -0.15) is 0 Å². The number of aromatic nitrogens is 1. The Labute approximate surface area is 172 Å². The fourth-order valence-electron chi connectivity index (χ4n) is 3.87. The van der Waals surface area contributed by atoms with Gasteiger partial charge in [0.15, 0.2) is 0 Å². The topological polar surface area (TPSA) is 45.6 Å². The van der Waals surface area contributed by atoms with Crippen molar-refractivity contribution >= 4 is 11.8 Å². The predicted molar refractivity (Wildman–Crippen MR) is 111 cm³/mol. The highest BCUT2D eigenvalue weighted by molar-refractivity contribution is 5.85. The first-order valence-corrected chi connectivity index (χ1v) is 10.2. The van der Waals surface area contributed by atoms with E-state index in [1.165, 1.54) is 6.07 Å². The molecule has 3 rings (SSSR count). The standard InChI is InChI=1S/C23H30FN3O2/c1-5-25(20(28)15-23(2,3)4)16-21(29)27-14-13-26-12-8-11-19(26)22(27)17-9-6-7-10-18(17)24/h6-12,22H,5,13-16H2,1-4H3/t22-/m1/s1. The van der Waals surface area contributed by atoms with Crippen LogP contribution in [0.4, 0.5) is 4.39 Å². The average Bonchev–Trinajstić information content (AvgIpc) is 3.13. The number of rotatable bonds is 5. The minimum Gasteiger partial charge on any atom is -0.348 e. The summed E-state index contributed by atoms with van der Waals surface area (Å²) < 4.78 is 16.7. The summed E-state index contributed by atoms with van der Waals surface area (Å²) in [4.78, 5) is 29.2. The van der Waals surface area contributed by atoms with E-state index in [1.54, 1.807) is 28.0 Å². The van der Waals surface area contributed by atoms with Gasteiger partial charge in [0.1, 0.15) is 11.9 Å². The maximum Gasteiger partial charge on any atom is 0.243 e. The smallest absolute Gasteiger partial charge is 0.243 e. The first-order valence-electron chi connectivity index (χ1n) is 10.2. The third-order valence-electron chi connectivity index (χ3n) is 5.30. The molecule has 0 unspecified atom stereocenters. The van der Waals surface area contributed by atoms with Gasteiger partial charge in [0.2, 0.25) is 11.8 Å². The van der Waals surface area contributed by atoms with E-state index in [1.807, 2.05) is 46.0 Å². The molecule has 0 saturated heterocycles. The Morgan fingerprint density at radius 3 is 2.52 bits per heavy atom. The average molecular weight is 400 g/mol. The van der Waals surface area contributed by atoms with Crippen LogP contribution in [0.5, 0.6) is 0 Å². The molecule has 1 aromatic carbocycles. The molecule has 0 spiro atoms. The maximum atomic E-state index is 14.6. The molecule has 29 heavy (non-hydrogen) atoms. The van der Waals surface area contributed by atoms with Crippen LogP contribution in [0.15, 0.2) is 42.6 Å². The molecule has 156 valence electrons. The van der Waals surface area contributed by atoms with Crippen molar-refractivity contribution in [2.45, 2.75) is 46.7 Å². The van der Waals surface area contributed by atoms with Crippen LogP contribution in [0.25, 0.3) is 0 Å². The van der Waals surface area contributed by atoms with Crippen molar-refractivity contribution in [3.05, 3.63) is 59.7 Å². The molecule has 1 aliphatic rings. The number of likely N-dealkylation sites (N-methyl/N-ethyl adjacent to an activating group) is 1. The molecule has 1 atom stereocenters. The minimum atomic E-state index is -0.496. The van der Waals surface area contributed by atoms with E-state index in [0.717, 1.165) is 5.69 Å². The Hall–Kier alpha value is -2.63. The van der Waals surface area contributed by atoms with Crippen LogP contribution in [0, 0.1) is 11.2 Å². The molecule has 0 radical (unpaired) electrons. The summed E-state index contributed by atoms with van der Waals surface area (Å²) in [5.74, 6) is -0.521. The summed E-state index contributed by atoms with van der Waals surface area (Å²) in [5.41, 5.74) is 1.22. The van der Waals surface area contributed by atoms with Gasteiger partial charge in [-0.1, -0.05) is 39.0 Å². The fourth-order valence-corrected chi connectivity index (χ4v) is 3.87. The van der Waals surface area contributed by atoms with Gasteiger partial charge in [-0.25, -0.2) is 4.39 Å². The Bertz CT molecular complexity index is 884. The second-order valence-corrected chi connectivity index (χ2v) is 8.78. The van der Waals surface area contributed by atoms with Crippen LogP contribution in [0.3, 0.4) is 0 Å². The SMILES string of the molecule is CCN(CC(=O)N1CCn2cccc2[C@H]1c1ccccc1F)C(=O)CC(C)(C)C. The fraction of sp³-hybridized carbons (Fsp3) is 0.478. The van der Waals surface area contributed by atoms with Crippen molar-refractivity contribution in [3.63, 3.8) is 0 Å². The Kier molecular flexibility index (Phi) is 6.10. The molecule has 0 saturated carbocycles. The summed E-state index contributed by atoms with van der Waals surface area (Å²) in [6, 6.07) is 9.94. The molecule has 1 aliphatic heterocycles. The number of carbonyl (C=O) groups excluding carboxylic acids is 2. The summed E-state index contributed by atoms with van der Waals surface area (Å²) >= 11 is 0. The molecule has 2 aromatic rings. The zero-order chi connectivity index (χ0) is 21.2. The van der Waals surface area contributed by atoms with E-state index in [-0.39, 0.29) is 29.6 Å². The second kappa shape index (κ2) is 8.39. The van der Waals surface area contributed by atoms with Crippen molar-refractivity contribution < 1.29 is 14.0 Å². The lowest BCUT2D eigenvalue weighted by Gasteiger charge is -2.38. The lowest BCUT2D eigenvalue weighted by atomic mass is 9.91. The lowest BCUT2D eigenvalue weighted by molar-refractivity contribution is -0.143. The summed E-state index contributed by atoms with van der Waals surface area (Å²) in [5, 5.41) is 0. The zero-order valence-electron chi connectivity index (χ0n) is 17.7. The highest BCUT2D eigenvalue weighted by Gasteiger charge is 2.34. The van der Waals surface area contributed by atoms with E-state index >= 15 is 0 Å². The Balaban J connectivity index is 1.87. The van der Waals surface area contributed by atoms with Crippen LogP contribution in [-0.2, 0) is 16.1 Å². The molecule has 1 aromatic heterocycles. The Morgan fingerprint density at radius 1 is 1.14 bits per heavy atom. The number of carbonyl (C=O) groups is 2. The Morgan fingerprint density at radius 2 is 1.86 bits per heavy atom. The highest BCUT2D eigenvalue weighted by Crippen LogP contribution is 2.34. The number of hydrogen-bond donors (Lipinski definition) is 0. The van der Waals surface area contributed by atoms with Gasteiger partial charge in [0.05, 0.1) is 6.54 Å². The third kappa shape index (κ3) is 4.69. The molecule has 5 nitrogen and oxygen atoms in total. The second-order valence-electron chi connectivity index (χ2n) is 8.78. The molecular weight excluding hydrogens is 369 g/mol. The maximum absolute atomic E-state index is 14.6. The summed E-state index contributed by atoms with van der Waals surface area (Å²) in [7, 11) is 0. The number of nitrogens with zero attached hydrogens (tertiary/aromatic N) is 3. The first-order chi connectivity index (χ1) is 13.7. The molecular formula is C23H30FN3O2. The molecule has 0 fully saturated rings. The van der Waals surface area contributed by atoms with Crippen LogP contribution >= 0.6 is 0 Å². The summed E-state index contributed by atoms with van der Waals surface area (Å²) in [6.45, 7) is 9.51. The van der Waals surface area contributed by atoms with Gasteiger partial charge >= 0.3 is 0 Å². The molecule has 0 aliphatic carbocycles. The largest absolute Gasteiger partial charge is 0.348 e. The normalized spacial score (nSPS) is 16.4. The van der Waals surface area contributed by atoms with E-state index < -0.39 is 6.04 Å². The molecule has 2 amide bonds. The lowest BCUT2D eigenvalue weighted by Crippen LogP contribution is -2.48. The quantitative estimate of drug-likeness (QED) is 0.767.